The molecule has 1 rings (SSSR count). The lowest BCUT2D eigenvalue weighted by molar-refractivity contribution is 0.990. The molecular formula is C13H18. The first-order valence-corrected chi connectivity index (χ1v) is 4.96. The van der Waals surface area contributed by atoms with Gasteiger partial charge in [-0.25, -0.2) is 0 Å². The quantitative estimate of drug-likeness (QED) is 0.610. The van der Waals surface area contributed by atoms with Gasteiger partial charge in [0.25, 0.3) is 0 Å². The van der Waals surface area contributed by atoms with E-state index in [0.29, 0.717) is 0 Å². The first kappa shape index (κ1) is 10.0. The smallest absolute Gasteiger partial charge is 0.00647 e. The van der Waals surface area contributed by atoms with Gasteiger partial charge in [-0.3, -0.25) is 0 Å². The van der Waals surface area contributed by atoms with E-state index < -0.39 is 0 Å². The van der Waals surface area contributed by atoms with Gasteiger partial charge in [-0.2, -0.15) is 0 Å². The zero-order valence-electron chi connectivity index (χ0n) is 8.80. The van der Waals surface area contributed by atoms with Crippen LogP contribution in [0.25, 0.3) is 0 Å². The van der Waals surface area contributed by atoms with Gasteiger partial charge in [0, 0.05) is 0 Å². The van der Waals surface area contributed by atoms with Crippen molar-refractivity contribution in [2.24, 2.45) is 0 Å². The molecule has 0 nitrogen and oxygen atoms in total. The standard InChI is InChI=1S/C13H18/c1-4-12(5-2)10-13-9-7-6-8-11(13)3/h4,6-9H,5,10H2,1-3H3. The van der Waals surface area contributed by atoms with Crippen molar-refractivity contribution in [3.05, 3.63) is 47.0 Å². The van der Waals surface area contributed by atoms with Gasteiger partial charge >= 0.3 is 0 Å². The highest BCUT2D eigenvalue weighted by molar-refractivity contribution is 5.29. The van der Waals surface area contributed by atoms with Crippen LogP contribution in [-0.4, -0.2) is 0 Å². The molecule has 0 heterocycles. The highest BCUT2D eigenvalue weighted by Gasteiger charge is 1.98. The average molecular weight is 174 g/mol. The molecule has 0 bridgehead atoms. The molecule has 1 aromatic rings. The maximum Gasteiger partial charge on any atom is -0.00647 e. The molecule has 13 heavy (non-hydrogen) atoms. The van der Waals surface area contributed by atoms with Crippen molar-refractivity contribution in [3.63, 3.8) is 0 Å². The van der Waals surface area contributed by atoms with Crippen LogP contribution in [0.5, 0.6) is 0 Å². The minimum absolute atomic E-state index is 1.11. The van der Waals surface area contributed by atoms with Crippen molar-refractivity contribution in [1.29, 1.82) is 0 Å². The monoisotopic (exact) mass is 174 g/mol. The molecular weight excluding hydrogens is 156 g/mol. The Morgan fingerprint density at radius 2 is 2.00 bits per heavy atom. The number of benzene rings is 1. The second kappa shape index (κ2) is 4.86. The summed E-state index contributed by atoms with van der Waals surface area (Å²) < 4.78 is 0. The van der Waals surface area contributed by atoms with E-state index in [1.54, 1.807) is 0 Å². The third kappa shape index (κ3) is 2.73. The van der Waals surface area contributed by atoms with Gasteiger partial charge < -0.3 is 0 Å². The largest absolute Gasteiger partial charge is 0.0881 e. The Hall–Kier alpha value is -1.04. The summed E-state index contributed by atoms with van der Waals surface area (Å²) in [5, 5.41) is 0. The molecule has 0 unspecified atom stereocenters. The van der Waals surface area contributed by atoms with Gasteiger partial charge in [0.2, 0.25) is 0 Å². The van der Waals surface area contributed by atoms with Crippen molar-refractivity contribution in [2.75, 3.05) is 0 Å². The fourth-order valence-electron chi connectivity index (χ4n) is 1.48. The van der Waals surface area contributed by atoms with Crippen molar-refractivity contribution in [1.82, 2.24) is 0 Å². The average Bonchev–Trinajstić information content (AvgIpc) is 2.17. The van der Waals surface area contributed by atoms with Gasteiger partial charge in [-0.05, 0) is 37.8 Å². The van der Waals surface area contributed by atoms with Crippen molar-refractivity contribution < 1.29 is 0 Å². The molecule has 0 N–H and O–H groups in total. The predicted molar refractivity (Wildman–Crippen MR) is 58.9 cm³/mol. The molecule has 0 amide bonds. The Morgan fingerprint density at radius 1 is 1.31 bits per heavy atom. The molecule has 0 spiro atoms. The molecule has 0 radical (unpaired) electrons. The molecule has 0 aliphatic heterocycles. The molecule has 70 valence electrons. The lowest BCUT2D eigenvalue weighted by Crippen LogP contribution is -1.91. The maximum atomic E-state index is 2.23. The second-order valence-electron chi connectivity index (χ2n) is 3.40. The van der Waals surface area contributed by atoms with E-state index in [-0.39, 0.29) is 0 Å². The molecule has 0 aromatic heterocycles. The van der Waals surface area contributed by atoms with Crippen LogP contribution >= 0.6 is 0 Å². The normalized spacial score (nSPS) is 11.8. The van der Waals surface area contributed by atoms with Crippen LogP contribution in [0.3, 0.4) is 0 Å². The van der Waals surface area contributed by atoms with Gasteiger partial charge in [-0.1, -0.05) is 42.8 Å². The fraction of sp³-hybridized carbons (Fsp3) is 0.385. The van der Waals surface area contributed by atoms with Crippen molar-refractivity contribution in [2.45, 2.75) is 33.6 Å². The highest BCUT2D eigenvalue weighted by Crippen LogP contribution is 2.14. The van der Waals surface area contributed by atoms with E-state index >= 15 is 0 Å². The summed E-state index contributed by atoms with van der Waals surface area (Å²) in [6.07, 6.45) is 4.50. The van der Waals surface area contributed by atoms with Crippen LogP contribution in [-0.2, 0) is 6.42 Å². The van der Waals surface area contributed by atoms with E-state index in [1.165, 1.54) is 16.7 Å². The highest BCUT2D eigenvalue weighted by atomic mass is 14.0. The van der Waals surface area contributed by atoms with E-state index in [4.69, 9.17) is 0 Å². The molecule has 0 atom stereocenters. The summed E-state index contributed by atoms with van der Waals surface area (Å²) in [5.74, 6) is 0. The predicted octanol–water partition coefficient (Wildman–Crippen LogP) is 3.89. The first-order chi connectivity index (χ1) is 6.27. The summed E-state index contributed by atoms with van der Waals surface area (Å²) in [4.78, 5) is 0. The minimum Gasteiger partial charge on any atom is -0.0881 e. The Kier molecular flexibility index (Phi) is 3.75. The van der Waals surface area contributed by atoms with Gasteiger partial charge in [0.1, 0.15) is 0 Å². The van der Waals surface area contributed by atoms with E-state index in [1.807, 2.05) is 0 Å². The first-order valence-electron chi connectivity index (χ1n) is 4.96. The zero-order chi connectivity index (χ0) is 9.68. The van der Waals surface area contributed by atoms with Crippen LogP contribution in [0.15, 0.2) is 35.9 Å². The molecule has 0 heteroatoms. The molecule has 0 saturated heterocycles. The summed E-state index contributed by atoms with van der Waals surface area (Å²) in [6, 6.07) is 8.61. The SMILES string of the molecule is CC=C(CC)Cc1ccccc1C. The van der Waals surface area contributed by atoms with Crippen LogP contribution in [0.2, 0.25) is 0 Å². The zero-order valence-corrected chi connectivity index (χ0v) is 8.80. The van der Waals surface area contributed by atoms with Gasteiger partial charge in [0.05, 0.1) is 0 Å². The summed E-state index contributed by atoms with van der Waals surface area (Å²) >= 11 is 0. The number of hydrogen-bond donors (Lipinski definition) is 0. The van der Waals surface area contributed by atoms with Gasteiger partial charge in [-0.15, -0.1) is 0 Å². The lowest BCUT2D eigenvalue weighted by Gasteiger charge is -2.06. The van der Waals surface area contributed by atoms with Crippen LogP contribution < -0.4 is 0 Å². The van der Waals surface area contributed by atoms with Crippen molar-refractivity contribution >= 4 is 0 Å². The Labute approximate surface area is 81.3 Å². The number of rotatable bonds is 3. The number of allylic oxidation sites excluding steroid dienone is 2. The molecule has 0 aliphatic carbocycles. The summed E-state index contributed by atoms with van der Waals surface area (Å²) in [7, 11) is 0. The van der Waals surface area contributed by atoms with Gasteiger partial charge in [0.15, 0.2) is 0 Å². The maximum absolute atomic E-state index is 2.23. The number of aryl methyl sites for hydroxylation is 1. The molecule has 0 fully saturated rings. The number of hydrogen-bond acceptors (Lipinski definition) is 0. The van der Waals surface area contributed by atoms with E-state index in [2.05, 4.69) is 51.1 Å². The third-order valence-electron chi connectivity index (χ3n) is 2.54. The summed E-state index contributed by atoms with van der Waals surface area (Å²) in [5.41, 5.74) is 4.38. The van der Waals surface area contributed by atoms with Crippen LogP contribution in [0.4, 0.5) is 0 Å². The topological polar surface area (TPSA) is 0 Å². The Bertz CT molecular complexity index is 295. The Morgan fingerprint density at radius 3 is 2.54 bits per heavy atom. The lowest BCUT2D eigenvalue weighted by atomic mass is 9.99. The molecule has 0 saturated carbocycles. The van der Waals surface area contributed by atoms with E-state index in [0.717, 1.165) is 12.8 Å². The third-order valence-corrected chi connectivity index (χ3v) is 2.54. The van der Waals surface area contributed by atoms with Crippen molar-refractivity contribution in [3.8, 4) is 0 Å². The van der Waals surface area contributed by atoms with Crippen LogP contribution in [0, 0.1) is 6.92 Å². The van der Waals surface area contributed by atoms with Crippen LogP contribution in [0.1, 0.15) is 31.4 Å². The minimum atomic E-state index is 1.11. The van der Waals surface area contributed by atoms with E-state index in [9.17, 15) is 0 Å². The Balaban J connectivity index is 2.80. The molecule has 1 aromatic carbocycles. The molecule has 0 aliphatic rings. The second-order valence-corrected chi connectivity index (χ2v) is 3.40. The summed E-state index contributed by atoms with van der Waals surface area (Å²) in [6.45, 7) is 6.52. The fourth-order valence-corrected chi connectivity index (χ4v) is 1.48.